The fraction of sp³-hybridized carbons (Fsp3) is 0.545. The van der Waals surface area contributed by atoms with E-state index < -0.39 is 6.10 Å². The Hall–Kier alpha value is -1.54. The number of aryl methyl sites for hydroxylation is 1. The number of imidazole rings is 1. The van der Waals surface area contributed by atoms with Gasteiger partial charge in [-0.05, 0) is 6.42 Å². The van der Waals surface area contributed by atoms with Crippen LogP contribution in [-0.4, -0.2) is 21.8 Å². The molecule has 0 bridgehead atoms. The first-order valence-electron chi connectivity index (χ1n) is 5.61. The van der Waals surface area contributed by atoms with Crippen molar-refractivity contribution in [3.8, 4) is 6.07 Å². The molecular weight excluding hydrogens is 240 g/mol. The summed E-state index contributed by atoms with van der Waals surface area (Å²) in [5.74, 6) is 0.856. The monoisotopic (exact) mass is 252 g/mol. The van der Waals surface area contributed by atoms with Crippen LogP contribution >= 0.6 is 11.6 Å². The van der Waals surface area contributed by atoms with Gasteiger partial charge < -0.3 is 9.82 Å². The van der Waals surface area contributed by atoms with Gasteiger partial charge in [-0.2, -0.15) is 5.26 Å². The molecule has 1 aromatic rings. The largest absolute Gasteiger partial charge is 0.376 e. The van der Waals surface area contributed by atoms with Crippen molar-refractivity contribution in [3.63, 3.8) is 0 Å². The highest BCUT2D eigenvalue weighted by Crippen LogP contribution is 2.21. The summed E-state index contributed by atoms with van der Waals surface area (Å²) in [4.78, 5) is 12.3. The standard InChI is InChI=1S/C11H13ClN4O/c1-2-3-4-9-14-10(11(12)15-9)8-5-7(6-13)17-16-8/h7H,2-5H2,1H3,(H,14,15). The summed E-state index contributed by atoms with van der Waals surface area (Å²) >= 11 is 6.06. The molecule has 0 aromatic carbocycles. The van der Waals surface area contributed by atoms with Gasteiger partial charge in [0.25, 0.3) is 0 Å². The molecule has 0 saturated carbocycles. The number of unbranched alkanes of at least 4 members (excludes halogenated alkanes) is 1. The molecule has 1 aliphatic heterocycles. The third-order valence-electron chi connectivity index (χ3n) is 2.56. The Balaban J connectivity index is 2.12. The van der Waals surface area contributed by atoms with Crippen LogP contribution in [0.3, 0.4) is 0 Å². The summed E-state index contributed by atoms with van der Waals surface area (Å²) in [6, 6.07) is 2.01. The molecule has 1 unspecified atom stereocenters. The molecule has 0 fully saturated rings. The fourth-order valence-electron chi connectivity index (χ4n) is 1.64. The molecule has 1 aliphatic rings. The van der Waals surface area contributed by atoms with Crippen molar-refractivity contribution in [1.82, 2.24) is 9.97 Å². The average Bonchev–Trinajstić information content (AvgIpc) is 2.92. The van der Waals surface area contributed by atoms with Crippen LogP contribution in [0, 0.1) is 11.3 Å². The highest BCUT2D eigenvalue weighted by molar-refractivity contribution is 6.32. The molecule has 1 atom stereocenters. The first kappa shape index (κ1) is 11.9. The Morgan fingerprint density at radius 2 is 2.47 bits per heavy atom. The highest BCUT2D eigenvalue weighted by Gasteiger charge is 2.25. The van der Waals surface area contributed by atoms with Crippen LogP contribution < -0.4 is 0 Å². The molecule has 90 valence electrons. The number of rotatable bonds is 4. The van der Waals surface area contributed by atoms with E-state index in [1.807, 2.05) is 6.07 Å². The quantitative estimate of drug-likeness (QED) is 0.894. The van der Waals surface area contributed by atoms with E-state index in [0.29, 0.717) is 23.0 Å². The second kappa shape index (κ2) is 5.19. The Kier molecular flexibility index (Phi) is 3.64. The minimum atomic E-state index is -0.517. The zero-order valence-corrected chi connectivity index (χ0v) is 10.3. The summed E-state index contributed by atoms with van der Waals surface area (Å²) in [5, 5.41) is 13.0. The first-order chi connectivity index (χ1) is 8.24. The van der Waals surface area contributed by atoms with Crippen molar-refractivity contribution in [1.29, 1.82) is 5.26 Å². The number of aromatic amines is 1. The van der Waals surface area contributed by atoms with Crippen LogP contribution in [-0.2, 0) is 11.3 Å². The van der Waals surface area contributed by atoms with Gasteiger partial charge in [0.05, 0.1) is 0 Å². The SMILES string of the molecule is CCCCc1nc(C2=NOC(C#N)C2)c(Cl)[nH]1. The fourth-order valence-corrected chi connectivity index (χ4v) is 1.90. The lowest BCUT2D eigenvalue weighted by molar-refractivity contribution is 0.125. The zero-order chi connectivity index (χ0) is 12.3. The van der Waals surface area contributed by atoms with Gasteiger partial charge in [0.2, 0.25) is 6.10 Å². The van der Waals surface area contributed by atoms with Gasteiger partial charge in [-0.25, -0.2) is 4.98 Å². The topological polar surface area (TPSA) is 74.1 Å². The van der Waals surface area contributed by atoms with Crippen molar-refractivity contribution >= 4 is 17.3 Å². The third-order valence-corrected chi connectivity index (χ3v) is 2.84. The lowest BCUT2D eigenvalue weighted by Gasteiger charge is -1.93. The Bertz CT molecular complexity index is 474. The van der Waals surface area contributed by atoms with E-state index in [0.717, 1.165) is 25.1 Å². The molecule has 5 nitrogen and oxygen atoms in total. The molecule has 6 heteroatoms. The third kappa shape index (κ3) is 2.59. The van der Waals surface area contributed by atoms with Gasteiger partial charge in [0.15, 0.2) is 0 Å². The van der Waals surface area contributed by atoms with Gasteiger partial charge in [-0.15, -0.1) is 0 Å². The Labute approximate surface area is 104 Å². The maximum absolute atomic E-state index is 8.71. The van der Waals surface area contributed by atoms with Gasteiger partial charge in [0.1, 0.15) is 28.5 Å². The second-order valence-corrected chi connectivity index (χ2v) is 4.29. The van der Waals surface area contributed by atoms with Crippen LogP contribution in [0.15, 0.2) is 5.16 Å². The predicted molar refractivity (Wildman–Crippen MR) is 63.8 cm³/mol. The van der Waals surface area contributed by atoms with E-state index >= 15 is 0 Å². The normalized spacial score (nSPS) is 18.6. The molecule has 0 aliphatic carbocycles. The van der Waals surface area contributed by atoms with E-state index in [4.69, 9.17) is 21.7 Å². The maximum atomic E-state index is 8.71. The van der Waals surface area contributed by atoms with Crippen molar-refractivity contribution in [2.45, 2.75) is 38.7 Å². The highest BCUT2D eigenvalue weighted by atomic mass is 35.5. The van der Waals surface area contributed by atoms with Crippen molar-refractivity contribution in [2.24, 2.45) is 5.16 Å². The number of hydrogen-bond donors (Lipinski definition) is 1. The molecule has 2 heterocycles. The Morgan fingerprint density at radius 1 is 1.65 bits per heavy atom. The van der Waals surface area contributed by atoms with Gasteiger partial charge in [-0.3, -0.25) is 0 Å². The first-order valence-corrected chi connectivity index (χ1v) is 5.99. The van der Waals surface area contributed by atoms with Gasteiger partial charge in [-0.1, -0.05) is 30.1 Å². The number of aromatic nitrogens is 2. The minimum Gasteiger partial charge on any atom is -0.376 e. The summed E-state index contributed by atoms with van der Waals surface area (Å²) < 4.78 is 0. The average molecular weight is 253 g/mol. The number of oxime groups is 1. The van der Waals surface area contributed by atoms with Crippen LogP contribution in [0.2, 0.25) is 5.15 Å². The molecule has 0 radical (unpaired) electrons. The Morgan fingerprint density at radius 3 is 3.12 bits per heavy atom. The molecule has 1 N–H and O–H groups in total. The lowest BCUT2D eigenvalue weighted by Crippen LogP contribution is -2.06. The van der Waals surface area contributed by atoms with E-state index in [9.17, 15) is 0 Å². The van der Waals surface area contributed by atoms with Crippen LogP contribution in [0.1, 0.15) is 37.7 Å². The van der Waals surface area contributed by atoms with Gasteiger partial charge >= 0.3 is 0 Å². The molecule has 1 aromatic heterocycles. The van der Waals surface area contributed by atoms with Crippen LogP contribution in [0.4, 0.5) is 0 Å². The molecule has 17 heavy (non-hydrogen) atoms. The smallest absolute Gasteiger partial charge is 0.218 e. The van der Waals surface area contributed by atoms with Crippen LogP contribution in [0.25, 0.3) is 0 Å². The number of H-pyrrole nitrogens is 1. The molecular formula is C11H13ClN4O. The molecule has 2 rings (SSSR count). The lowest BCUT2D eigenvalue weighted by atomic mass is 10.1. The number of nitrogens with zero attached hydrogens (tertiary/aromatic N) is 3. The van der Waals surface area contributed by atoms with E-state index in [1.165, 1.54) is 0 Å². The maximum Gasteiger partial charge on any atom is 0.218 e. The van der Waals surface area contributed by atoms with E-state index in [2.05, 4.69) is 22.0 Å². The van der Waals surface area contributed by atoms with Crippen molar-refractivity contribution in [2.75, 3.05) is 0 Å². The van der Waals surface area contributed by atoms with Crippen LogP contribution in [0.5, 0.6) is 0 Å². The summed E-state index contributed by atoms with van der Waals surface area (Å²) in [5.41, 5.74) is 1.25. The number of nitrogens with one attached hydrogen (secondary N) is 1. The van der Waals surface area contributed by atoms with Crippen molar-refractivity contribution < 1.29 is 4.84 Å². The summed E-state index contributed by atoms with van der Waals surface area (Å²) in [6.45, 7) is 2.12. The van der Waals surface area contributed by atoms with E-state index in [-0.39, 0.29) is 0 Å². The number of nitriles is 1. The number of hydrogen-bond acceptors (Lipinski definition) is 4. The molecule has 0 amide bonds. The van der Waals surface area contributed by atoms with Gasteiger partial charge in [0, 0.05) is 12.8 Å². The minimum absolute atomic E-state index is 0.439. The summed E-state index contributed by atoms with van der Waals surface area (Å²) in [7, 11) is 0. The molecule has 0 spiro atoms. The number of halogens is 1. The zero-order valence-electron chi connectivity index (χ0n) is 9.53. The van der Waals surface area contributed by atoms with E-state index in [1.54, 1.807) is 0 Å². The molecule has 0 saturated heterocycles. The summed E-state index contributed by atoms with van der Waals surface area (Å²) in [6.07, 6.45) is 2.96. The predicted octanol–water partition coefficient (Wildman–Crippen LogP) is 2.42. The second-order valence-electron chi connectivity index (χ2n) is 3.91. The van der Waals surface area contributed by atoms with Crippen molar-refractivity contribution in [3.05, 3.63) is 16.7 Å².